The molecule has 180 valence electrons. The van der Waals surface area contributed by atoms with Gasteiger partial charge in [0.1, 0.15) is 11.5 Å². The lowest BCUT2D eigenvalue weighted by atomic mass is 9.84. The molecule has 0 N–H and O–H groups in total. The fourth-order valence-electron chi connectivity index (χ4n) is 5.15. The van der Waals surface area contributed by atoms with Crippen molar-refractivity contribution >= 4 is 0 Å². The van der Waals surface area contributed by atoms with Crippen molar-refractivity contribution in [2.45, 2.75) is 38.4 Å². The van der Waals surface area contributed by atoms with Crippen molar-refractivity contribution in [3.05, 3.63) is 89.7 Å². The largest absolute Gasteiger partial charge is 0.497 e. The van der Waals surface area contributed by atoms with E-state index in [0.29, 0.717) is 12.0 Å². The number of nitrogens with zero attached hydrogens (tertiary/aromatic N) is 3. The predicted molar refractivity (Wildman–Crippen MR) is 137 cm³/mol. The predicted octanol–water partition coefficient (Wildman–Crippen LogP) is 5.05. The van der Waals surface area contributed by atoms with E-state index in [1.165, 1.54) is 29.5 Å². The van der Waals surface area contributed by atoms with Crippen molar-refractivity contribution in [3.8, 4) is 11.5 Å². The van der Waals surface area contributed by atoms with Gasteiger partial charge in [0.25, 0.3) is 0 Å². The molecule has 1 aliphatic heterocycles. The van der Waals surface area contributed by atoms with E-state index in [2.05, 4.69) is 70.4 Å². The molecule has 0 saturated carbocycles. The minimum absolute atomic E-state index is 0.502. The lowest BCUT2D eigenvalue weighted by Crippen LogP contribution is -2.44. The highest BCUT2D eigenvalue weighted by atomic mass is 16.5. The first-order valence-electron chi connectivity index (χ1n) is 12.2. The van der Waals surface area contributed by atoms with Gasteiger partial charge in [0, 0.05) is 37.6 Å². The summed E-state index contributed by atoms with van der Waals surface area (Å²) in [6, 6.07) is 21.8. The number of hydrogen-bond acceptors (Lipinski definition) is 5. The summed E-state index contributed by atoms with van der Waals surface area (Å²) in [6.07, 6.45) is 7.32. The molecule has 5 nitrogen and oxygen atoms in total. The molecular weight excluding hydrogens is 422 g/mol. The SMILES string of the molecule is COc1cc(CN2CCC(C(Cc3ccccc3)N(C)Cc3cccnc3)CC2)cc(OC)c1. The van der Waals surface area contributed by atoms with Crippen LogP contribution in [-0.4, -0.2) is 55.2 Å². The van der Waals surface area contributed by atoms with E-state index in [1.807, 2.05) is 24.5 Å². The maximum atomic E-state index is 5.46. The Bertz CT molecular complexity index is 982. The van der Waals surface area contributed by atoms with Crippen LogP contribution in [-0.2, 0) is 19.5 Å². The van der Waals surface area contributed by atoms with E-state index in [9.17, 15) is 0 Å². The second-order valence-electron chi connectivity index (χ2n) is 9.37. The molecule has 0 aliphatic carbocycles. The summed E-state index contributed by atoms with van der Waals surface area (Å²) < 4.78 is 10.9. The molecule has 4 rings (SSSR count). The Morgan fingerprint density at radius 2 is 1.59 bits per heavy atom. The Hall–Kier alpha value is -2.89. The quantitative estimate of drug-likeness (QED) is 0.424. The molecule has 5 heteroatoms. The van der Waals surface area contributed by atoms with Crippen molar-refractivity contribution in [1.29, 1.82) is 0 Å². The van der Waals surface area contributed by atoms with Gasteiger partial charge < -0.3 is 9.47 Å². The minimum Gasteiger partial charge on any atom is -0.497 e. The first-order chi connectivity index (χ1) is 16.6. The maximum Gasteiger partial charge on any atom is 0.122 e. The molecule has 1 aromatic heterocycles. The number of piperidine rings is 1. The molecule has 2 aromatic carbocycles. The van der Waals surface area contributed by atoms with Gasteiger partial charge in [0.2, 0.25) is 0 Å². The Kier molecular flexibility index (Phi) is 8.56. The van der Waals surface area contributed by atoms with Gasteiger partial charge in [-0.1, -0.05) is 36.4 Å². The van der Waals surface area contributed by atoms with Gasteiger partial charge >= 0.3 is 0 Å². The molecule has 1 aliphatic rings. The second-order valence-corrected chi connectivity index (χ2v) is 9.37. The normalized spacial score (nSPS) is 15.9. The van der Waals surface area contributed by atoms with Gasteiger partial charge in [-0.05, 0) is 80.2 Å². The number of aromatic nitrogens is 1. The molecule has 1 unspecified atom stereocenters. The Labute approximate surface area is 204 Å². The van der Waals surface area contributed by atoms with Crippen molar-refractivity contribution < 1.29 is 9.47 Å². The van der Waals surface area contributed by atoms with Crippen LogP contribution in [0.1, 0.15) is 29.5 Å². The van der Waals surface area contributed by atoms with E-state index in [-0.39, 0.29) is 0 Å². The van der Waals surface area contributed by atoms with Gasteiger partial charge in [-0.3, -0.25) is 14.8 Å². The monoisotopic (exact) mass is 459 g/mol. The van der Waals surface area contributed by atoms with E-state index in [4.69, 9.17) is 9.47 Å². The van der Waals surface area contributed by atoms with Crippen molar-refractivity contribution in [2.75, 3.05) is 34.4 Å². The molecule has 0 radical (unpaired) electrons. The van der Waals surface area contributed by atoms with Gasteiger partial charge in [0.05, 0.1) is 14.2 Å². The molecule has 34 heavy (non-hydrogen) atoms. The summed E-state index contributed by atoms with van der Waals surface area (Å²) in [6.45, 7) is 4.07. The second kappa shape index (κ2) is 12.0. The number of methoxy groups -OCH3 is 2. The van der Waals surface area contributed by atoms with E-state index in [1.54, 1.807) is 14.2 Å². The number of likely N-dealkylation sites (tertiary alicyclic amines) is 1. The number of pyridine rings is 1. The third-order valence-electron chi connectivity index (χ3n) is 7.00. The van der Waals surface area contributed by atoms with Gasteiger partial charge in [-0.25, -0.2) is 0 Å². The zero-order valence-electron chi connectivity index (χ0n) is 20.7. The van der Waals surface area contributed by atoms with Crippen LogP contribution in [0.5, 0.6) is 11.5 Å². The fraction of sp³-hybridized carbons (Fsp3) is 0.414. The van der Waals surface area contributed by atoms with Crippen LogP contribution >= 0.6 is 0 Å². The molecule has 2 heterocycles. The van der Waals surface area contributed by atoms with Crippen LogP contribution < -0.4 is 9.47 Å². The van der Waals surface area contributed by atoms with E-state index >= 15 is 0 Å². The van der Waals surface area contributed by atoms with Gasteiger partial charge in [-0.2, -0.15) is 0 Å². The molecule has 1 atom stereocenters. The van der Waals surface area contributed by atoms with E-state index < -0.39 is 0 Å². The van der Waals surface area contributed by atoms with Gasteiger partial charge in [0.15, 0.2) is 0 Å². The molecule has 0 bridgehead atoms. The minimum atomic E-state index is 0.502. The average molecular weight is 460 g/mol. The van der Waals surface area contributed by atoms with Crippen molar-refractivity contribution in [1.82, 2.24) is 14.8 Å². The van der Waals surface area contributed by atoms with E-state index in [0.717, 1.165) is 44.1 Å². The zero-order chi connectivity index (χ0) is 23.8. The highest BCUT2D eigenvalue weighted by Crippen LogP contribution is 2.29. The number of benzene rings is 2. The third-order valence-corrected chi connectivity index (χ3v) is 7.00. The number of hydrogen-bond donors (Lipinski definition) is 0. The number of likely N-dealkylation sites (N-methyl/N-ethyl adjacent to an activating group) is 1. The van der Waals surface area contributed by atoms with Crippen LogP contribution in [0.3, 0.4) is 0 Å². The highest BCUT2D eigenvalue weighted by molar-refractivity contribution is 5.38. The van der Waals surface area contributed by atoms with Crippen LogP contribution in [0.25, 0.3) is 0 Å². The average Bonchev–Trinajstić information content (AvgIpc) is 2.88. The third kappa shape index (κ3) is 6.58. The molecule has 3 aromatic rings. The lowest BCUT2D eigenvalue weighted by Gasteiger charge is -2.40. The molecular formula is C29H37N3O2. The number of rotatable bonds is 10. The fourth-order valence-corrected chi connectivity index (χ4v) is 5.15. The summed E-state index contributed by atoms with van der Waals surface area (Å²) in [7, 11) is 5.69. The van der Waals surface area contributed by atoms with Crippen LogP contribution in [0.2, 0.25) is 0 Å². The number of ether oxygens (including phenoxy) is 2. The van der Waals surface area contributed by atoms with Crippen LogP contribution in [0, 0.1) is 5.92 Å². The summed E-state index contributed by atoms with van der Waals surface area (Å²) in [5, 5.41) is 0. The molecule has 1 saturated heterocycles. The summed E-state index contributed by atoms with van der Waals surface area (Å²) in [4.78, 5) is 9.42. The topological polar surface area (TPSA) is 37.8 Å². The smallest absolute Gasteiger partial charge is 0.122 e. The zero-order valence-corrected chi connectivity index (χ0v) is 20.7. The Morgan fingerprint density at radius 1 is 0.912 bits per heavy atom. The molecule has 0 spiro atoms. The van der Waals surface area contributed by atoms with Crippen LogP contribution in [0.4, 0.5) is 0 Å². The molecule has 1 fully saturated rings. The maximum absolute atomic E-state index is 5.46. The lowest BCUT2D eigenvalue weighted by molar-refractivity contribution is 0.0953. The summed E-state index contributed by atoms with van der Waals surface area (Å²) in [5.74, 6) is 2.37. The van der Waals surface area contributed by atoms with Gasteiger partial charge in [-0.15, -0.1) is 0 Å². The Balaban J connectivity index is 1.42. The summed E-state index contributed by atoms with van der Waals surface area (Å²) >= 11 is 0. The summed E-state index contributed by atoms with van der Waals surface area (Å²) in [5.41, 5.74) is 3.92. The highest BCUT2D eigenvalue weighted by Gasteiger charge is 2.29. The first-order valence-corrected chi connectivity index (χ1v) is 12.2. The van der Waals surface area contributed by atoms with Crippen molar-refractivity contribution in [3.63, 3.8) is 0 Å². The first kappa shape index (κ1) is 24.2. The standard InChI is InChI=1S/C29H37N3O2/c1-31(21-24-10-7-13-30-20-24)29(18-23-8-5-4-6-9-23)26-11-14-32(15-12-26)22-25-16-27(33-2)19-28(17-25)34-3/h4-10,13,16-17,19-20,26,29H,11-12,14-15,18,21-22H2,1-3H3. The van der Waals surface area contributed by atoms with Crippen molar-refractivity contribution in [2.24, 2.45) is 5.92 Å². The molecule has 0 amide bonds. The Morgan fingerprint density at radius 3 is 2.21 bits per heavy atom. The van der Waals surface area contributed by atoms with Crippen LogP contribution in [0.15, 0.2) is 73.1 Å².